The Morgan fingerprint density at radius 3 is 1.88 bits per heavy atom. The molecule has 0 N–H and O–H groups in total. The fourth-order valence-corrected chi connectivity index (χ4v) is 3.30. The lowest BCUT2D eigenvalue weighted by Crippen LogP contribution is -2.44. The van der Waals surface area contributed by atoms with Gasteiger partial charge in [0.05, 0.1) is 13.2 Å². The molecule has 1 aliphatic carbocycles. The van der Waals surface area contributed by atoms with E-state index in [9.17, 15) is 0 Å². The first-order valence-electron chi connectivity index (χ1n) is 6.65. The van der Waals surface area contributed by atoms with E-state index >= 15 is 0 Å². The van der Waals surface area contributed by atoms with Gasteiger partial charge in [0, 0.05) is 19.6 Å². The highest BCUT2D eigenvalue weighted by Gasteiger charge is 2.42. The van der Waals surface area contributed by atoms with Gasteiger partial charge in [-0.25, -0.2) is 0 Å². The molecule has 0 aliphatic heterocycles. The van der Waals surface area contributed by atoms with Gasteiger partial charge in [-0.05, 0) is 24.7 Å². The van der Waals surface area contributed by atoms with Gasteiger partial charge in [0.25, 0.3) is 0 Å². The molecule has 2 heteroatoms. The van der Waals surface area contributed by atoms with Gasteiger partial charge in [-0.1, -0.05) is 33.1 Å². The van der Waals surface area contributed by atoms with Gasteiger partial charge < -0.3 is 9.47 Å². The van der Waals surface area contributed by atoms with Crippen LogP contribution in [0.15, 0.2) is 0 Å². The van der Waals surface area contributed by atoms with Crippen LogP contribution in [0.1, 0.15) is 46.0 Å². The van der Waals surface area contributed by atoms with Crippen molar-refractivity contribution in [1.29, 1.82) is 0 Å². The van der Waals surface area contributed by atoms with E-state index in [1.165, 1.54) is 32.1 Å². The van der Waals surface area contributed by atoms with Crippen LogP contribution in [0.2, 0.25) is 0 Å². The van der Waals surface area contributed by atoms with Crippen molar-refractivity contribution in [3.63, 3.8) is 0 Å². The van der Waals surface area contributed by atoms with Gasteiger partial charge in [0.15, 0.2) is 0 Å². The third kappa shape index (κ3) is 2.98. The van der Waals surface area contributed by atoms with Crippen LogP contribution in [0.5, 0.6) is 0 Å². The van der Waals surface area contributed by atoms with Crippen LogP contribution < -0.4 is 0 Å². The third-order valence-electron chi connectivity index (χ3n) is 4.39. The van der Waals surface area contributed by atoms with Crippen LogP contribution in [-0.2, 0) is 9.47 Å². The monoisotopic (exact) mass is 228 g/mol. The van der Waals surface area contributed by atoms with Crippen molar-refractivity contribution < 1.29 is 9.47 Å². The molecule has 1 fully saturated rings. The number of hydrogen-bond donors (Lipinski definition) is 0. The summed E-state index contributed by atoms with van der Waals surface area (Å²) in [5, 5.41) is 0. The lowest BCUT2D eigenvalue weighted by Gasteiger charge is -2.45. The Kier molecular flexibility index (Phi) is 5.77. The average Bonchev–Trinajstić information content (AvgIpc) is 2.29. The first-order chi connectivity index (χ1) is 7.67. The molecule has 0 bridgehead atoms. The standard InChI is InChI=1S/C14H28O2/c1-12(2)14(10-15-3,11-16-4)13-8-6-5-7-9-13/h12-13H,5-11H2,1-4H3. The van der Waals surface area contributed by atoms with Gasteiger partial charge in [0.1, 0.15) is 0 Å². The molecule has 0 amide bonds. The molecular formula is C14H28O2. The van der Waals surface area contributed by atoms with E-state index in [1.54, 1.807) is 0 Å². The minimum atomic E-state index is 0.226. The molecule has 0 aromatic carbocycles. The van der Waals surface area contributed by atoms with E-state index in [0.717, 1.165) is 19.1 Å². The van der Waals surface area contributed by atoms with Crippen molar-refractivity contribution in [2.45, 2.75) is 46.0 Å². The van der Waals surface area contributed by atoms with E-state index in [0.29, 0.717) is 5.92 Å². The normalized spacial score (nSPS) is 19.3. The molecule has 0 heterocycles. The molecule has 0 atom stereocenters. The molecule has 1 aliphatic rings. The summed E-state index contributed by atoms with van der Waals surface area (Å²) in [6, 6.07) is 0. The van der Waals surface area contributed by atoms with Crippen LogP contribution in [0, 0.1) is 17.3 Å². The Hall–Kier alpha value is -0.0800. The van der Waals surface area contributed by atoms with Crippen LogP contribution in [-0.4, -0.2) is 27.4 Å². The summed E-state index contributed by atoms with van der Waals surface area (Å²) in [6.07, 6.45) is 6.87. The summed E-state index contributed by atoms with van der Waals surface area (Å²) in [7, 11) is 3.63. The highest BCUT2D eigenvalue weighted by atomic mass is 16.5. The van der Waals surface area contributed by atoms with E-state index in [2.05, 4.69) is 13.8 Å². The van der Waals surface area contributed by atoms with Crippen molar-refractivity contribution in [2.75, 3.05) is 27.4 Å². The zero-order valence-electron chi connectivity index (χ0n) is 11.4. The van der Waals surface area contributed by atoms with Gasteiger partial charge >= 0.3 is 0 Å². The predicted molar refractivity (Wildman–Crippen MR) is 67.6 cm³/mol. The fourth-order valence-electron chi connectivity index (χ4n) is 3.30. The Balaban J connectivity index is 2.79. The van der Waals surface area contributed by atoms with Crippen LogP contribution >= 0.6 is 0 Å². The maximum Gasteiger partial charge on any atom is 0.0545 e. The van der Waals surface area contributed by atoms with Crippen molar-refractivity contribution in [1.82, 2.24) is 0 Å². The fraction of sp³-hybridized carbons (Fsp3) is 1.00. The van der Waals surface area contributed by atoms with E-state index in [-0.39, 0.29) is 5.41 Å². The molecule has 0 radical (unpaired) electrons. The Labute approximate surface area is 101 Å². The summed E-state index contributed by atoms with van der Waals surface area (Å²) in [5.41, 5.74) is 0.226. The maximum atomic E-state index is 5.49. The molecule has 0 unspecified atom stereocenters. The molecule has 96 valence electrons. The molecule has 0 aromatic heterocycles. The number of ether oxygens (including phenoxy) is 2. The second kappa shape index (κ2) is 6.61. The molecule has 16 heavy (non-hydrogen) atoms. The SMILES string of the molecule is COCC(COC)(C(C)C)C1CCCCC1. The molecule has 2 nitrogen and oxygen atoms in total. The quantitative estimate of drug-likeness (QED) is 0.692. The number of rotatable bonds is 6. The van der Waals surface area contributed by atoms with Gasteiger partial charge in [-0.3, -0.25) is 0 Å². The zero-order valence-corrected chi connectivity index (χ0v) is 11.4. The molecule has 1 saturated carbocycles. The first-order valence-corrected chi connectivity index (χ1v) is 6.65. The summed E-state index contributed by atoms with van der Waals surface area (Å²) < 4.78 is 11.0. The molecule has 1 rings (SSSR count). The van der Waals surface area contributed by atoms with E-state index < -0.39 is 0 Å². The predicted octanol–water partition coefficient (Wildman–Crippen LogP) is 3.50. The molecule has 0 aromatic rings. The minimum absolute atomic E-state index is 0.226. The van der Waals surface area contributed by atoms with Crippen molar-refractivity contribution in [3.05, 3.63) is 0 Å². The summed E-state index contributed by atoms with van der Waals surface area (Å²) in [5.74, 6) is 1.40. The van der Waals surface area contributed by atoms with Crippen LogP contribution in [0.4, 0.5) is 0 Å². The summed E-state index contributed by atoms with van der Waals surface area (Å²) >= 11 is 0. The topological polar surface area (TPSA) is 18.5 Å². The smallest absolute Gasteiger partial charge is 0.0545 e. The highest BCUT2D eigenvalue weighted by molar-refractivity contribution is 4.90. The number of hydrogen-bond acceptors (Lipinski definition) is 2. The van der Waals surface area contributed by atoms with Crippen molar-refractivity contribution in [2.24, 2.45) is 17.3 Å². The lowest BCUT2D eigenvalue weighted by atomic mass is 9.64. The van der Waals surface area contributed by atoms with E-state index in [1.807, 2.05) is 14.2 Å². The average molecular weight is 228 g/mol. The number of methoxy groups -OCH3 is 2. The van der Waals surface area contributed by atoms with Gasteiger partial charge in [-0.15, -0.1) is 0 Å². The Morgan fingerprint density at radius 1 is 1.00 bits per heavy atom. The third-order valence-corrected chi connectivity index (χ3v) is 4.39. The van der Waals surface area contributed by atoms with E-state index in [4.69, 9.17) is 9.47 Å². The second-order valence-electron chi connectivity index (χ2n) is 5.59. The summed E-state index contributed by atoms with van der Waals surface area (Å²) in [4.78, 5) is 0. The van der Waals surface area contributed by atoms with Gasteiger partial charge in [-0.2, -0.15) is 0 Å². The zero-order chi connectivity index (χ0) is 12.0. The lowest BCUT2D eigenvalue weighted by molar-refractivity contribution is -0.0708. The highest BCUT2D eigenvalue weighted by Crippen LogP contribution is 2.44. The minimum Gasteiger partial charge on any atom is -0.384 e. The second-order valence-corrected chi connectivity index (χ2v) is 5.59. The first kappa shape index (κ1) is 14.0. The van der Waals surface area contributed by atoms with Crippen molar-refractivity contribution in [3.8, 4) is 0 Å². The van der Waals surface area contributed by atoms with Crippen LogP contribution in [0.25, 0.3) is 0 Å². The summed E-state index contributed by atoms with van der Waals surface area (Å²) in [6.45, 7) is 6.30. The van der Waals surface area contributed by atoms with Gasteiger partial charge in [0.2, 0.25) is 0 Å². The Bertz CT molecular complexity index is 177. The van der Waals surface area contributed by atoms with Crippen LogP contribution in [0.3, 0.4) is 0 Å². The molecule has 0 spiro atoms. The largest absolute Gasteiger partial charge is 0.384 e. The maximum absolute atomic E-state index is 5.49. The van der Waals surface area contributed by atoms with Crippen molar-refractivity contribution >= 4 is 0 Å². The molecule has 0 saturated heterocycles. The Morgan fingerprint density at radius 2 is 1.50 bits per heavy atom. The molecular weight excluding hydrogens is 200 g/mol.